The third-order valence-corrected chi connectivity index (χ3v) is 4.50. The summed E-state index contributed by atoms with van der Waals surface area (Å²) in [5, 5.41) is 3.67. The average molecular weight is 239 g/mol. The van der Waals surface area contributed by atoms with Gasteiger partial charge in [-0.3, -0.25) is 0 Å². The molecule has 2 rings (SSSR count). The van der Waals surface area contributed by atoms with Gasteiger partial charge in [0.1, 0.15) is 0 Å². The van der Waals surface area contributed by atoms with Crippen LogP contribution < -0.4 is 5.32 Å². The molecule has 0 aromatic rings. The molecule has 0 aromatic carbocycles. The summed E-state index contributed by atoms with van der Waals surface area (Å²) >= 11 is 0. The fraction of sp³-hybridized carbons (Fsp3) is 1.00. The Hall–Kier alpha value is -0.0800. The van der Waals surface area contributed by atoms with E-state index in [-0.39, 0.29) is 0 Å². The zero-order valence-corrected chi connectivity index (χ0v) is 11.6. The summed E-state index contributed by atoms with van der Waals surface area (Å²) in [4.78, 5) is 0. The van der Waals surface area contributed by atoms with E-state index in [4.69, 9.17) is 4.74 Å². The van der Waals surface area contributed by atoms with E-state index < -0.39 is 0 Å². The highest BCUT2D eigenvalue weighted by Crippen LogP contribution is 2.35. The predicted octanol–water partition coefficient (Wildman–Crippen LogP) is 3.36. The van der Waals surface area contributed by atoms with E-state index in [1.165, 1.54) is 51.5 Å². The van der Waals surface area contributed by atoms with Gasteiger partial charge in [0.2, 0.25) is 0 Å². The Kier molecular flexibility index (Phi) is 5.30. The molecule has 0 amide bonds. The van der Waals surface area contributed by atoms with E-state index >= 15 is 0 Å². The minimum Gasteiger partial charge on any atom is -0.378 e. The van der Waals surface area contributed by atoms with Crippen molar-refractivity contribution in [1.82, 2.24) is 5.32 Å². The SMILES string of the molecule is CCCNC1CCOC(C2CCCC(C)C2)C1. The van der Waals surface area contributed by atoms with Gasteiger partial charge in [-0.05, 0) is 50.5 Å². The van der Waals surface area contributed by atoms with Crippen LogP contribution in [0.15, 0.2) is 0 Å². The maximum Gasteiger partial charge on any atom is 0.0618 e. The summed E-state index contributed by atoms with van der Waals surface area (Å²) in [7, 11) is 0. The molecule has 2 fully saturated rings. The summed E-state index contributed by atoms with van der Waals surface area (Å²) in [6.45, 7) is 6.78. The van der Waals surface area contributed by atoms with Gasteiger partial charge >= 0.3 is 0 Å². The predicted molar refractivity (Wildman–Crippen MR) is 72.2 cm³/mol. The molecule has 100 valence electrons. The fourth-order valence-electron chi connectivity index (χ4n) is 3.51. The molecule has 0 aromatic heterocycles. The normalized spacial score (nSPS) is 39.2. The van der Waals surface area contributed by atoms with Gasteiger partial charge in [0, 0.05) is 12.6 Å². The first-order valence-electron chi connectivity index (χ1n) is 7.64. The Morgan fingerprint density at radius 3 is 2.82 bits per heavy atom. The average Bonchev–Trinajstić information content (AvgIpc) is 2.37. The van der Waals surface area contributed by atoms with Crippen molar-refractivity contribution in [3.05, 3.63) is 0 Å². The summed E-state index contributed by atoms with van der Waals surface area (Å²) in [5.41, 5.74) is 0. The molecule has 1 heterocycles. The van der Waals surface area contributed by atoms with Crippen LogP contribution in [0.3, 0.4) is 0 Å². The second-order valence-electron chi connectivity index (χ2n) is 6.12. The first-order chi connectivity index (χ1) is 8.29. The summed E-state index contributed by atoms with van der Waals surface area (Å²) in [5.74, 6) is 1.76. The quantitative estimate of drug-likeness (QED) is 0.812. The lowest BCUT2D eigenvalue weighted by atomic mass is 9.77. The highest BCUT2D eigenvalue weighted by atomic mass is 16.5. The van der Waals surface area contributed by atoms with Crippen LogP contribution in [-0.4, -0.2) is 25.3 Å². The molecule has 4 atom stereocenters. The molecule has 4 unspecified atom stereocenters. The Morgan fingerprint density at radius 1 is 1.18 bits per heavy atom. The molecule has 17 heavy (non-hydrogen) atoms. The number of rotatable bonds is 4. The molecule has 2 nitrogen and oxygen atoms in total. The van der Waals surface area contributed by atoms with E-state index in [9.17, 15) is 0 Å². The zero-order chi connectivity index (χ0) is 12.1. The molecule has 0 bridgehead atoms. The third kappa shape index (κ3) is 3.96. The van der Waals surface area contributed by atoms with Crippen LogP contribution in [0.2, 0.25) is 0 Å². The lowest BCUT2D eigenvalue weighted by Gasteiger charge is -2.38. The molecule has 0 radical (unpaired) electrons. The summed E-state index contributed by atoms with van der Waals surface area (Å²) in [6, 6.07) is 0.714. The Balaban J connectivity index is 1.79. The number of ether oxygens (including phenoxy) is 1. The molecule has 2 aliphatic rings. The smallest absolute Gasteiger partial charge is 0.0618 e. The van der Waals surface area contributed by atoms with Gasteiger partial charge in [-0.25, -0.2) is 0 Å². The van der Waals surface area contributed by atoms with Gasteiger partial charge in [0.05, 0.1) is 6.10 Å². The molecule has 1 aliphatic carbocycles. The van der Waals surface area contributed by atoms with Crippen molar-refractivity contribution in [2.45, 2.75) is 70.9 Å². The van der Waals surface area contributed by atoms with Gasteiger partial charge in [-0.2, -0.15) is 0 Å². The Labute approximate surface area is 107 Å². The number of hydrogen-bond acceptors (Lipinski definition) is 2. The van der Waals surface area contributed by atoms with Gasteiger partial charge in [-0.15, -0.1) is 0 Å². The van der Waals surface area contributed by atoms with Crippen LogP contribution in [0.5, 0.6) is 0 Å². The van der Waals surface area contributed by atoms with Crippen LogP contribution in [0.1, 0.15) is 58.8 Å². The highest BCUT2D eigenvalue weighted by molar-refractivity contribution is 4.84. The van der Waals surface area contributed by atoms with Crippen molar-refractivity contribution < 1.29 is 4.74 Å². The van der Waals surface area contributed by atoms with Gasteiger partial charge in [0.15, 0.2) is 0 Å². The Morgan fingerprint density at radius 2 is 2.06 bits per heavy atom. The summed E-state index contributed by atoms with van der Waals surface area (Å²) < 4.78 is 6.04. The van der Waals surface area contributed by atoms with Crippen LogP contribution >= 0.6 is 0 Å². The van der Waals surface area contributed by atoms with E-state index in [0.717, 1.165) is 18.4 Å². The second-order valence-corrected chi connectivity index (χ2v) is 6.12. The van der Waals surface area contributed by atoms with Crippen molar-refractivity contribution in [3.8, 4) is 0 Å². The largest absolute Gasteiger partial charge is 0.378 e. The molecule has 1 aliphatic heterocycles. The van der Waals surface area contributed by atoms with E-state index in [2.05, 4.69) is 19.2 Å². The molecular formula is C15H29NO. The maximum absolute atomic E-state index is 6.04. The molecule has 1 saturated heterocycles. The first kappa shape index (κ1) is 13.4. The Bertz CT molecular complexity index is 219. The van der Waals surface area contributed by atoms with Crippen molar-refractivity contribution in [1.29, 1.82) is 0 Å². The van der Waals surface area contributed by atoms with E-state index in [1.54, 1.807) is 0 Å². The molecule has 1 saturated carbocycles. The van der Waals surface area contributed by atoms with E-state index in [0.29, 0.717) is 12.1 Å². The van der Waals surface area contributed by atoms with Gasteiger partial charge in [-0.1, -0.05) is 26.7 Å². The standard InChI is InChI=1S/C15H29NO/c1-3-8-16-14-7-9-17-15(11-14)13-6-4-5-12(2)10-13/h12-16H,3-11H2,1-2H3. The second kappa shape index (κ2) is 6.75. The maximum atomic E-state index is 6.04. The third-order valence-electron chi connectivity index (χ3n) is 4.50. The molecule has 1 N–H and O–H groups in total. The van der Waals surface area contributed by atoms with Gasteiger partial charge < -0.3 is 10.1 Å². The number of hydrogen-bond donors (Lipinski definition) is 1. The van der Waals surface area contributed by atoms with Crippen molar-refractivity contribution in [2.75, 3.05) is 13.2 Å². The highest BCUT2D eigenvalue weighted by Gasteiger charge is 2.31. The molecular weight excluding hydrogens is 210 g/mol. The van der Waals surface area contributed by atoms with Crippen molar-refractivity contribution >= 4 is 0 Å². The zero-order valence-electron chi connectivity index (χ0n) is 11.6. The van der Waals surface area contributed by atoms with Gasteiger partial charge in [0.25, 0.3) is 0 Å². The lowest BCUT2D eigenvalue weighted by Crippen LogP contribution is -2.42. The van der Waals surface area contributed by atoms with Crippen LogP contribution in [-0.2, 0) is 4.74 Å². The van der Waals surface area contributed by atoms with E-state index in [1.807, 2.05) is 0 Å². The van der Waals surface area contributed by atoms with Crippen LogP contribution in [0, 0.1) is 11.8 Å². The minimum absolute atomic E-state index is 0.542. The van der Waals surface area contributed by atoms with Crippen molar-refractivity contribution in [2.24, 2.45) is 11.8 Å². The first-order valence-corrected chi connectivity index (χ1v) is 7.64. The fourth-order valence-corrected chi connectivity index (χ4v) is 3.51. The van der Waals surface area contributed by atoms with Crippen molar-refractivity contribution in [3.63, 3.8) is 0 Å². The summed E-state index contributed by atoms with van der Waals surface area (Å²) in [6.07, 6.45) is 9.87. The topological polar surface area (TPSA) is 21.3 Å². The van der Waals surface area contributed by atoms with Crippen LogP contribution in [0.4, 0.5) is 0 Å². The number of nitrogens with one attached hydrogen (secondary N) is 1. The monoisotopic (exact) mass is 239 g/mol. The lowest BCUT2D eigenvalue weighted by molar-refractivity contribution is -0.0461. The van der Waals surface area contributed by atoms with Crippen LogP contribution in [0.25, 0.3) is 0 Å². The molecule has 0 spiro atoms. The molecule has 2 heteroatoms. The minimum atomic E-state index is 0.542.